The topological polar surface area (TPSA) is 106 Å². The Hall–Kier alpha value is -2.06. The highest BCUT2D eigenvalue weighted by Gasteiger charge is 2.12. The predicted octanol–water partition coefficient (Wildman–Crippen LogP) is 1.67. The maximum atomic E-state index is 12.0. The lowest BCUT2D eigenvalue weighted by Gasteiger charge is -2.02. The Balaban J connectivity index is 2.01. The number of hydrogen-bond donors (Lipinski definition) is 3. The van der Waals surface area contributed by atoms with Gasteiger partial charge >= 0.3 is 0 Å². The molecule has 8 heteroatoms. The highest BCUT2D eigenvalue weighted by Crippen LogP contribution is 2.18. The average molecular weight is 292 g/mol. The van der Waals surface area contributed by atoms with Gasteiger partial charge in [-0.15, -0.1) is 10.2 Å². The van der Waals surface area contributed by atoms with Crippen molar-refractivity contribution in [2.24, 2.45) is 11.8 Å². The summed E-state index contributed by atoms with van der Waals surface area (Å²) >= 11 is 1.38. The van der Waals surface area contributed by atoms with Crippen molar-refractivity contribution in [3.63, 3.8) is 0 Å². The number of carbonyl (C=O) groups is 1. The van der Waals surface area contributed by atoms with Crippen molar-refractivity contribution in [3.05, 3.63) is 29.0 Å². The Morgan fingerprint density at radius 1 is 1.40 bits per heavy atom. The van der Waals surface area contributed by atoms with Crippen LogP contribution >= 0.6 is 11.3 Å². The van der Waals surface area contributed by atoms with E-state index in [0.29, 0.717) is 22.4 Å². The van der Waals surface area contributed by atoms with E-state index in [0.717, 1.165) is 11.4 Å². The molecule has 0 aromatic carbocycles. The van der Waals surface area contributed by atoms with Gasteiger partial charge in [-0.05, 0) is 18.1 Å². The minimum Gasteiger partial charge on any atom is -0.323 e. The first-order chi connectivity index (χ1) is 9.58. The van der Waals surface area contributed by atoms with E-state index in [2.05, 4.69) is 39.8 Å². The normalized spacial score (nSPS) is 10.6. The molecule has 0 atom stereocenters. The monoisotopic (exact) mass is 292 g/mol. The molecule has 0 aliphatic rings. The van der Waals surface area contributed by atoms with Crippen molar-refractivity contribution in [1.29, 1.82) is 0 Å². The van der Waals surface area contributed by atoms with Gasteiger partial charge in [-0.25, -0.2) is 4.98 Å². The summed E-state index contributed by atoms with van der Waals surface area (Å²) in [6, 6.07) is 3.26. The SMILES string of the molecule is CC(C)Cc1nnc(NC(=O)c2ccc(NN)cn2)s1. The fourth-order valence-corrected chi connectivity index (χ4v) is 2.46. The number of anilines is 2. The second-order valence-electron chi connectivity index (χ2n) is 4.63. The third-order valence-electron chi connectivity index (χ3n) is 2.43. The number of pyridine rings is 1. The number of carbonyl (C=O) groups excluding carboxylic acids is 1. The molecule has 106 valence electrons. The van der Waals surface area contributed by atoms with Crippen molar-refractivity contribution in [2.45, 2.75) is 20.3 Å². The highest BCUT2D eigenvalue weighted by molar-refractivity contribution is 7.15. The molecule has 2 heterocycles. The van der Waals surface area contributed by atoms with E-state index < -0.39 is 0 Å². The van der Waals surface area contributed by atoms with Crippen molar-refractivity contribution in [2.75, 3.05) is 10.7 Å². The Bertz CT molecular complexity index is 580. The van der Waals surface area contributed by atoms with Crippen LogP contribution in [-0.2, 0) is 6.42 Å². The molecular formula is C12H16N6OS. The van der Waals surface area contributed by atoms with Gasteiger partial charge in [0.2, 0.25) is 5.13 Å². The molecule has 2 aromatic rings. The van der Waals surface area contributed by atoms with Crippen LogP contribution in [-0.4, -0.2) is 21.1 Å². The van der Waals surface area contributed by atoms with Gasteiger partial charge in [0.25, 0.3) is 5.91 Å². The van der Waals surface area contributed by atoms with E-state index in [-0.39, 0.29) is 5.91 Å². The molecular weight excluding hydrogens is 276 g/mol. The van der Waals surface area contributed by atoms with E-state index in [1.54, 1.807) is 12.1 Å². The Morgan fingerprint density at radius 3 is 2.80 bits per heavy atom. The summed E-state index contributed by atoms with van der Waals surface area (Å²) in [5, 5.41) is 12.1. The van der Waals surface area contributed by atoms with Crippen LogP contribution in [0.2, 0.25) is 0 Å². The Morgan fingerprint density at radius 2 is 2.20 bits per heavy atom. The lowest BCUT2D eigenvalue weighted by Crippen LogP contribution is -2.14. The van der Waals surface area contributed by atoms with Crippen molar-refractivity contribution in [1.82, 2.24) is 15.2 Å². The highest BCUT2D eigenvalue weighted by atomic mass is 32.1. The molecule has 0 aliphatic carbocycles. The molecule has 0 spiro atoms. The zero-order chi connectivity index (χ0) is 14.5. The van der Waals surface area contributed by atoms with Gasteiger partial charge in [-0.3, -0.25) is 16.0 Å². The number of amides is 1. The summed E-state index contributed by atoms with van der Waals surface area (Å²) in [4.78, 5) is 16.0. The Kier molecular flexibility index (Phi) is 4.59. The predicted molar refractivity (Wildman–Crippen MR) is 78.5 cm³/mol. The number of nitrogen functional groups attached to an aromatic ring is 1. The molecule has 0 bridgehead atoms. The van der Waals surface area contributed by atoms with Gasteiger partial charge in [-0.2, -0.15) is 0 Å². The quantitative estimate of drug-likeness (QED) is 0.572. The first kappa shape index (κ1) is 14.4. The third kappa shape index (κ3) is 3.72. The molecule has 0 saturated heterocycles. The summed E-state index contributed by atoms with van der Waals surface area (Å²) < 4.78 is 0. The molecule has 20 heavy (non-hydrogen) atoms. The molecule has 0 saturated carbocycles. The van der Waals surface area contributed by atoms with Crippen molar-refractivity contribution in [3.8, 4) is 0 Å². The van der Waals surface area contributed by atoms with Gasteiger partial charge in [0.05, 0.1) is 11.9 Å². The standard InChI is InChI=1S/C12H16N6OS/c1-7(2)5-10-17-18-12(20-10)15-11(19)9-4-3-8(16-13)6-14-9/h3-4,6-7,16H,5,13H2,1-2H3,(H,15,18,19). The second kappa shape index (κ2) is 6.40. The van der Waals surface area contributed by atoms with Gasteiger partial charge in [0.1, 0.15) is 10.7 Å². The Labute approximate surface area is 120 Å². The third-order valence-corrected chi connectivity index (χ3v) is 3.29. The van der Waals surface area contributed by atoms with Gasteiger partial charge in [0, 0.05) is 6.42 Å². The van der Waals surface area contributed by atoms with Crippen LogP contribution in [0, 0.1) is 5.92 Å². The number of nitrogens with two attached hydrogens (primary N) is 1. The van der Waals surface area contributed by atoms with Crippen molar-refractivity contribution >= 4 is 28.1 Å². The molecule has 0 aliphatic heterocycles. The van der Waals surface area contributed by atoms with E-state index in [4.69, 9.17) is 5.84 Å². The molecule has 2 rings (SSSR count). The van der Waals surface area contributed by atoms with Gasteiger partial charge in [-0.1, -0.05) is 25.2 Å². The molecule has 7 nitrogen and oxygen atoms in total. The summed E-state index contributed by atoms with van der Waals surface area (Å²) in [5.74, 6) is 5.42. The van der Waals surface area contributed by atoms with E-state index in [9.17, 15) is 4.79 Å². The molecule has 1 amide bonds. The summed E-state index contributed by atoms with van der Waals surface area (Å²) in [6.45, 7) is 4.22. The lowest BCUT2D eigenvalue weighted by atomic mass is 10.1. The van der Waals surface area contributed by atoms with E-state index in [1.807, 2.05) is 0 Å². The molecule has 4 N–H and O–H groups in total. The largest absolute Gasteiger partial charge is 0.323 e. The molecule has 0 radical (unpaired) electrons. The molecule has 2 aromatic heterocycles. The fourth-order valence-electron chi connectivity index (χ4n) is 1.51. The molecule has 0 fully saturated rings. The minimum absolute atomic E-state index is 0.296. The number of hydrogen-bond acceptors (Lipinski definition) is 7. The lowest BCUT2D eigenvalue weighted by molar-refractivity contribution is 0.102. The molecule has 0 unspecified atom stereocenters. The number of nitrogens with one attached hydrogen (secondary N) is 2. The summed E-state index contributed by atoms with van der Waals surface area (Å²) in [7, 11) is 0. The van der Waals surface area contributed by atoms with Gasteiger partial charge in [0.15, 0.2) is 0 Å². The van der Waals surface area contributed by atoms with Gasteiger partial charge < -0.3 is 5.43 Å². The zero-order valence-electron chi connectivity index (χ0n) is 11.3. The summed E-state index contributed by atoms with van der Waals surface area (Å²) in [6.07, 6.45) is 2.34. The maximum absolute atomic E-state index is 12.0. The van der Waals surface area contributed by atoms with Crippen LogP contribution in [0.15, 0.2) is 18.3 Å². The number of rotatable bonds is 5. The number of aromatic nitrogens is 3. The van der Waals surface area contributed by atoms with Crippen LogP contribution in [0.3, 0.4) is 0 Å². The van der Waals surface area contributed by atoms with Crippen molar-refractivity contribution < 1.29 is 4.79 Å². The minimum atomic E-state index is -0.319. The van der Waals surface area contributed by atoms with E-state index in [1.165, 1.54) is 17.5 Å². The first-order valence-electron chi connectivity index (χ1n) is 6.15. The second-order valence-corrected chi connectivity index (χ2v) is 5.69. The van der Waals surface area contributed by atoms with Crippen LogP contribution in [0.1, 0.15) is 29.3 Å². The van der Waals surface area contributed by atoms with Crippen LogP contribution < -0.4 is 16.6 Å². The maximum Gasteiger partial charge on any atom is 0.276 e. The summed E-state index contributed by atoms with van der Waals surface area (Å²) in [5.41, 5.74) is 3.38. The zero-order valence-corrected chi connectivity index (χ0v) is 12.1. The number of hydrazine groups is 1. The first-order valence-corrected chi connectivity index (χ1v) is 6.96. The van der Waals surface area contributed by atoms with Crippen LogP contribution in [0.25, 0.3) is 0 Å². The average Bonchev–Trinajstić information content (AvgIpc) is 2.85. The van der Waals surface area contributed by atoms with Crippen LogP contribution in [0.4, 0.5) is 10.8 Å². The van der Waals surface area contributed by atoms with Crippen LogP contribution in [0.5, 0.6) is 0 Å². The fraction of sp³-hybridized carbons (Fsp3) is 0.333. The van der Waals surface area contributed by atoms with E-state index >= 15 is 0 Å². The number of nitrogens with zero attached hydrogens (tertiary/aromatic N) is 3. The smallest absolute Gasteiger partial charge is 0.276 e.